The van der Waals surface area contributed by atoms with Gasteiger partial charge in [-0.25, -0.2) is 4.39 Å². The largest absolute Gasteiger partial charge is 0.207 e. The highest BCUT2D eigenvalue weighted by Gasteiger charge is 2.08. The molecule has 0 saturated carbocycles. The molecule has 0 aliphatic carbocycles. The highest BCUT2D eigenvalue weighted by atomic mass is 35.5. The van der Waals surface area contributed by atoms with Crippen LogP contribution in [-0.2, 0) is 0 Å². The van der Waals surface area contributed by atoms with Gasteiger partial charge in [-0.3, -0.25) is 0 Å². The molecule has 1 aromatic rings. The van der Waals surface area contributed by atoms with Gasteiger partial charge in [0, 0.05) is 5.56 Å². The topological polar surface area (TPSA) is 0 Å². The van der Waals surface area contributed by atoms with Gasteiger partial charge in [-0.15, -0.1) is 0 Å². The van der Waals surface area contributed by atoms with Gasteiger partial charge in [0.2, 0.25) is 0 Å². The molecule has 11 heavy (non-hydrogen) atoms. The fourth-order valence-electron chi connectivity index (χ4n) is 0.623. The normalized spacial score (nSPS) is 10.6. The van der Waals surface area contributed by atoms with Crippen LogP contribution in [0.25, 0.3) is 0 Å². The van der Waals surface area contributed by atoms with E-state index in [1.54, 1.807) is 0 Å². The van der Waals surface area contributed by atoms with Gasteiger partial charge in [0.25, 0.3) is 0 Å². The van der Waals surface area contributed by atoms with E-state index in [0.29, 0.717) is 5.56 Å². The summed E-state index contributed by atoms with van der Waals surface area (Å²) in [5, 5.41) is 0.194. The van der Waals surface area contributed by atoms with E-state index in [4.69, 9.17) is 34.8 Å². The number of rotatable bonds is 1. The lowest BCUT2D eigenvalue weighted by molar-refractivity contribution is 0.627. The van der Waals surface area contributed by atoms with E-state index < -0.39 is 10.7 Å². The molecule has 0 heterocycles. The first-order valence-corrected chi connectivity index (χ1v) is 4.01. The van der Waals surface area contributed by atoms with Gasteiger partial charge in [-0.05, 0) is 18.2 Å². The van der Waals surface area contributed by atoms with E-state index in [1.807, 2.05) is 0 Å². The summed E-state index contributed by atoms with van der Waals surface area (Å²) in [7, 11) is 0. The molecule has 0 aliphatic rings. The van der Waals surface area contributed by atoms with Gasteiger partial charge in [-0.2, -0.15) is 0 Å². The zero-order valence-corrected chi connectivity index (χ0v) is 7.51. The summed E-state index contributed by atoms with van der Waals surface area (Å²) < 4.78 is 12.4. The molecule has 0 atom stereocenters. The van der Waals surface area contributed by atoms with Crippen molar-refractivity contribution in [2.45, 2.75) is 4.84 Å². The summed E-state index contributed by atoms with van der Waals surface area (Å²) >= 11 is 16.6. The van der Waals surface area contributed by atoms with Gasteiger partial charge in [0.05, 0.1) is 5.02 Å². The molecule has 0 unspecified atom stereocenters. The SMILES string of the molecule is Fc1c[c]c(C(Cl)Cl)c(Cl)c1. The van der Waals surface area contributed by atoms with E-state index in [-0.39, 0.29) is 5.02 Å². The summed E-state index contributed by atoms with van der Waals surface area (Å²) in [6.45, 7) is 0. The van der Waals surface area contributed by atoms with Crippen molar-refractivity contribution in [2.75, 3.05) is 0 Å². The van der Waals surface area contributed by atoms with Crippen molar-refractivity contribution in [1.29, 1.82) is 0 Å². The van der Waals surface area contributed by atoms with Gasteiger partial charge in [0.1, 0.15) is 10.7 Å². The van der Waals surface area contributed by atoms with Gasteiger partial charge in [0.15, 0.2) is 0 Å². The zero-order valence-electron chi connectivity index (χ0n) is 5.24. The summed E-state index contributed by atoms with van der Waals surface area (Å²) in [5.41, 5.74) is 0.399. The Morgan fingerprint density at radius 2 is 2.09 bits per heavy atom. The first kappa shape index (κ1) is 9.11. The van der Waals surface area contributed by atoms with E-state index in [1.165, 1.54) is 0 Å². The second-order valence-corrected chi connectivity index (χ2v) is 3.38. The predicted molar refractivity (Wildman–Crippen MR) is 44.7 cm³/mol. The lowest BCUT2D eigenvalue weighted by Crippen LogP contribution is -1.85. The zero-order chi connectivity index (χ0) is 8.43. The van der Waals surface area contributed by atoms with Crippen LogP contribution < -0.4 is 0 Å². The maximum absolute atomic E-state index is 12.4. The third-order valence-electron chi connectivity index (χ3n) is 1.11. The molecule has 1 aromatic carbocycles. The van der Waals surface area contributed by atoms with Gasteiger partial charge < -0.3 is 0 Å². The first-order chi connectivity index (χ1) is 5.11. The quantitative estimate of drug-likeness (QED) is 0.622. The number of hydrogen-bond donors (Lipinski definition) is 0. The van der Waals surface area contributed by atoms with E-state index in [2.05, 4.69) is 6.07 Å². The Kier molecular flexibility index (Phi) is 2.99. The summed E-state index contributed by atoms with van der Waals surface area (Å²) in [5.74, 6) is -0.451. The van der Waals surface area contributed by atoms with Crippen LogP contribution in [0.1, 0.15) is 10.4 Å². The monoisotopic (exact) mass is 211 g/mol. The lowest BCUT2D eigenvalue weighted by atomic mass is 10.2. The minimum absolute atomic E-state index is 0.194. The molecule has 0 nitrogen and oxygen atoms in total. The molecule has 0 N–H and O–H groups in total. The van der Waals surface area contributed by atoms with Crippen molar-refractivity contribution in [3.63, 3.8) is 0 Å². The maximum Gasteiger partial charge on any atom is 0.134 e. The van der Waals surface area contributed by atoms with Crippen molar-refractivity contribution in [1.82, 2.24) is 0 Å². The molecule has 0 bridgehead atoms. The average molecular weight is 212 g/mol. The second kappa shape index (κ2) is 3.61. The lowest BCUT2D eigenvalue weighted by Gasteiger charge is -2.02. The van der Waals surface area contributed by atoms with Crippen LogP contribution in [0.4, 0.5) is 4.39 Å². The molecule has 0 amide bonds. The van der Waals surface area contributed by atoms with Crippen molar-refractivity contribution < 1.29 is 4.39 Å². The molecule has 4 heteroatoms. The molecule has 0 aromatic heterocycles. The molecular formula is C7H3Cl3F. The Labute approximate surface area is 78.9 Å². The molecule has 0 fully saturated rings. The molecule has 1 rings (SSSR count). The molecule has 0 saturated heterocycles. The summed E-state index contributed by atoms with van der Waals surface area (Å²) in [6.07, 6.45) is 0. The standard InChI is InChI=1S/C7H3Cl3F/c8-6-3-4(11)1-2-5(6)7(9)10/h1,3,7H. The highest BCUT2D eigenvalue weighted by molar-refractivity contribution is 6.45. The summed E-state index contributed by atoms with van der Waals surface area (Å²) in [6, 6.07) is 4.82. The van der Waals surface area contributed by atoms with Crippen LogP contribution in [0, 0.1) is 11.9 Å². The number of alkyl halides is 2. The van der Waals surface area contributed by atoms with Crippen LogP contribution in [-0.4, -0.2) is 0 Å². The Morgan fingerprint density at radius 1 is 1.45 bits per heavy atom. The first-order valence-electron chi connectivity index (χ1n) is 2.76. The van der Waals surface area contributed by atoms with E-state index >= 15 is 0 Å². The van der Waals surface area contributed by atoms with Crippen LogP contribution in [0.2, 0.25) is 5.02 Å². The van der Waals surface area contributed by atoms with Crippen LogP contribution in [0.3, 0.4) is 0 Å². The minimum Gasteiger partial charge on any atom is -0.207 e. The summed E-state index contributed by atoms with van der Waals surface area (Å²) in [4.78, 5) is -0.761. The Hall–Kier alpha value is 0.0200. The third-order valence-corrected chi connectivity index (χ3v) is 1.85. The van der Waals surface area contributed by atoms with Crippen molar-refractivity contribution in [3.05, 3.63) is 34.6 Å². The van der Waals surface area contributed by atoms with Crippen LogP contribution >= 0.6 is 34.8 Å². The number of hydrogen-bond acceptors (Lipinski definition) is 0. The molecule has 59 valence electrons. The minimum atomic E-state index is -0.761. The fraction of sp³-hybridized carbons (Fsp3) is 0.143. The third kappa shape index (κ3) is 2.22. The Bertz CT molecular complexity index is 260. The average Bonchev–Trinajstić information content (AvgIpc) is 1.85. The van der Waals surface area contributed by atoms with Crippen molar-refractivity contribution in [3.8, 4) is 0 Å². The van der Waals surface area contributed by atoms with E-state index in [0.717, 1.165) is 12.1 Å². The second-order valence-electron chi connectivity index (χ2n) is 1.88. The van der Waals surface area contributed by atoms with Crippen LogP contribution in [0.5, 0.6) is 0 Å². The van der Waals surface area contributed by atoms with E-state index in [9.17, 15) is 4.39 Å². The fourth-order valence-corrected chi connectivity index (χ4v) is 1.36. The molecule has 1 radical (unpaired) electrons. The van der Waals surface area contributed by atoms with Crippen molar-refractivity contribution in [2.24, 2.45) is 0 Å². The predicted octanol–water partition coefficient (Wildman–Crippen LogP) is 3.76. The maximum atomic E-state index is 12.4. The number of halogens is 4. The van der Waals surface area contributed by atoms with Gasteiger partial charge >= 0.3 is 0 Å². The van der Waals surface area contributed by atoms with Crippen molar-refractivity contribution >= 4 is 34.8 Å². The Balaban J connectivity index is 3.09. The Morgan fingerprint density at radius 3 is 2.55 bits per heavy atom. The molecule has 0 aliphatic heterocycles. The number of benzene rings is 1. The molecule has 0 spiro atoms. The van der Waals surface area contributed by atoms with Gasteiger partial charge in [-0.1, -0.05) is 34.8 Å². The highest BCUT2D eigenvalue weighted by Crippen LogP contribution is 2.30. The van der Waals surface area contributed by atoms with Crippen LogP contribution in [0.15, 0.2) is 12.1 Å². The smallest absolute Gasteiger partial charge is 0.134 e. The molecular weight excluding hydrogens is 209 g/mol.